The minimum absolute atomic E-state index is 0. The molecule has 0 aromatic heterocycles. The van der Waals surface area contributed by atoms with Crippen molar-refractivity contribution in [3.8, 4) is 0 Å². The fourth-order valence-electron chi connectivity index (χ4n) is 5.05. The second-order valence-corrected chi connectivity index (χ2v) is 12.4. The van der Waals surface area contributed by atoms with Crippen molar-refractivity contribution < 1.29 is 19.1 Å². The molecule has 3 rings (SSSR count). The van der Waals surface area contributed by atoms with Gasteiger partial charge < -0.3 is 25.6 Å². The molecule has 3 N–H and O–H groups in total. The van der Waals surface area contributed by atoms with Crippen LogP contribution < -0.4 is 16.0 Å². The van der Waals surface area contributed by atoms with E-state index in [2.05, 4.69) is 35.9 Å². The van der Waals surface area contributed by atoms with E-state index in [-0.39, 0.29) is 36.2 Å². The van der Waals surface area contributed by atoms with Gasteiger partial charge in [0.05, 0.1) is 6.10 Å². The lowest BCUT2D eigenvalue weighted by Gasteiger charge is -2.31. The molecule has 0 aliphatic carbocycles. The Hall–Kier alpha value is -2.68. The number of likely N-dealkylation sites (tertiary alicyclic amines) is 1. The summed E-state index contributed by atoms with van der Waals surface area (Å²) in [6, 6.07) is 12.7. The molecule has 0 radical (unpaired) electrons. The van der Waals surface area contributed by atoms with Gasteiger partial charge in [0.25, 0.3) is 0 Å². The molecule has 1 aliphatic heterocycles. The first-order chi connectivity index (χ1) is 19.0. The van der Waals surface area contributed by atoms with Crippen LogP contribution in [0.4, 0.5) is 0 Å². The summed E-state index contributed by atoms with van der Waals surface area (Å²) >= 11 is 0. The van der Waals surface area contributed by atoms with Crippen LogP contribution in [0.15, 0.2) is 42.5 Å². The summed E-state index contributed by atoms with van der Waals surface area (Å²) in [6.45, 7) is 12.7. The predicted octanol–water partition coefficient (Wildman–Crippen LogP) is 4.09. The second-order valence-electron chi connectivity index (χ2n) is 12.4. The smallest absolute Gasteiger partial charge is 0.243 e. The maximum Gasteiger partial charge on any atom is 0.243 e. The van der Waals surface area contributed by atoms with Gasteiger partial charge in [0.2, 0.25) is 17.7 Å². The standard InChI is InChI=1S/C32H48N4O4.ClH/c1-22(2)20-33-15-9-10-16-34-29(37)27(18-23-13-14-24-11-7-8-12-25(24)17-23)35-30(38)28-19-26(40-6)21-36(28)31(39)32(3,4)5;/h7-8,11-14,17,22,26-28,33H,9-10,15-16,18-21H2,1-6H3,(H,34,37)(H,35,38);1H/t26-,27-,28?;/m1./s1. The number of ether oxygens (including phenoxy) is 1. The molecule has 3 amide bonds. The highest BCUT2D eigenvalue weighted by molar-refractivity contribution is 5.94. The molecule has 0 saturated carbocycles. The zero-order valence-corrected chi connectivity index (χ0v) is 26.3. The second kappa shape index (κ2) is 16.1. The summed E-state index contributed by atoms with van der Waals surface area (Å²) < 4.78 is 5.52. The van der Waals surface area contributed by atoms with Gasteiger partial charge in [-0.25, -0.2) is 0 Å². The van der Waals surface area contributed by atoms with E-state index in [0.717, 1.165) is 42.3 Å². The molecule has 1 fully saturated rings. The molecule has 1 heterocycles. The van der Waals surface area contributed by atoms with Crippen molar-refractivity contribution in [2.45, 2.75) is 78.5 Å². The molecule has 2 aromatic rings. The highest BCUT2D eigenvalue weighted by atomic mass is 35.5. The van der Waals surface area contributed by atoms with E-state index >= 15 is 0 Å². The van der Waals surface area contributed by atoms with E-state index < -0.39 is 17.5 Å². The third-order valence-corrected chi connectivity index (χ3v) is 7.32. The molecule has 8 nitrogen and oxygen atoms in total. The van der Waals surface area contributed by atoms with E-state index in [1.54, 1.807) is 12.0 Å². The minimum atomic E-state index is -0.763. The highest BCUT2D eigenvalue weighted by Gasteiger charge is 2.43. The number of carbonyl (C=O) groups is 3. The van der Waals surface area contributed by atoms with Crippen LogP contribution in [0.2, 0.25) is 0 Å². The number of unbranched alkanes of at least 4 members (excludes halogenated alkanes) is 1. The lowest BCUT2D eigenvalue weighted by molar-refractivity contribution is -0.145. The summed E-state index contributed by atoms with van der Waals surface area (Å²) in [4.78, 5) is 41.8. The number of hydrogen-bond acceptors (Lipinski definition) is 5. The fraction of sp³-hybridized carbons (Fsp3) is 0.594. The van der Waals surface area contributed by atoms with Crippen molar-refractivity contribution in [1.29, 1.82) is 0 Å². The van der Waals surface area contributed by atoms with Crippen LogP contribution in [0.1, 0.15) is 59.4 Å². The number of methoxy groups -OCH3 is 1. The summed E-state index contributed by atoms with van der Waals surface area (Å²) in [6.07, 6.45) is 2.33. The SMILES string of the molecule is CO[C@@H]1CC(C(=O)N[C@H](Cc2ccc3ccccc3c2)C(=O)NCCCCNCC(C)C)N(C(=O)C(C)(C)C)C1.Cl. The summed E-state index contributed by atoms with van der Waals surface area (Å²) in [5.41, 5.74) is 0.327. The van der Waals surface area contributed by atoms with Gasteiger partial charge in [-0.15, -0.1) is 12.4 Å². The zero-order chi connectivity index (χ0) is 29.3. The predicted molar refractivity (Wildman–Crippen MR) is 167 cm³/mol. The first-order valence-corrected chi connectivity index (χ1v) is 14.6. The quantitative estimate of drug-likeness (QED) is 0.306. The average Bonchev–Trinajstić information content (AvgIpc) is 3.35. The van der Waals surface area contributed by atoms with Crippen LogP contribution in [0.25, 0.3) is 10.8 Å². The van der Waals surface area contributed by atoms with Gasteiger partial charge in [0, 0.05) is 38.5 Å². The van der Waals surface area contributed by atoms with Crippen LogP contribution in [0.3, 0.4) is 0 Å². The van der Waals surface area contributed by atoms with Gasteiger partial charge in [-0.1, -0.05) is 77.1 Å². The lowest BCUT2D eigenvalue weighted by atomic mass is 9.94. The molecule has 228 valence electrons. The Kier molecular flexibility index (Phi) is 13.5. The average molecular weight is 589 g/mol. The largest absolute Gasteiger partial charge is 0.380 e. The van der Waals surface area contributed by atoms with Crippen molar-refractivity contribution >= 4 is 40.9 Å². The first-order valence-electron chi connectivity index (χ1n) is 14.6. The van der Waals surface area contributed by atoms with Crippen molar-refractivity contribution in [2.24, 2.45) is 11.3 Å². The van der Waals surface area contributed by atoms with Crippen LogP contribution in [0.5, 0.6) is 0 Å². The lowest BCUT2D eigenvalue weighted by Crippen LogP contribution is -2.55. The topological polar surface area (TPSA) is 99.8 Å². The molecule has 9 heteroatoms. The molecule has 3 atom stereocenters. The Morgan fingerprint density at radius 3 is 2.37 bits per heavy atom. The van der Waals surface area contributed by atoms with Crippen molar-refractivity contribution in [2.75, 3.05) is 33.3 Å². The molecule has 41 heavy (non-hydrogen) atoms. The summed E-state index contributed by atoms with van der Waals surface area (Å²) in [7, 11) is 1.60. The van der Waals surface area contributed by atoms with Crippen molar-refractivity contribution in [1.82, 2.24) is 20.9 Å². The van der Waals surface area contributed by atoms with Crippen molar-refractivity contribution in [3.63, 3.8) is 0 Å². The minimum Gasteiger partial charge on any atom is -0.380 e. The van der Waals surface area contributed by atoms with E-state index in [1.807, 2.05) is 57.2 Å². The highest BCUT2D eigenvalue weighted by Crippen LogP contribution is 2.27. The van der Waals surface area contributed by atoms with Crippen LogP contribution >= 0.6 is 12.4 Å². The Bertz CT molecular complexity index is 1150. The zero-order valence-electron chi connectivity index (χ0n) is 25.5. The van der Waals surface area contributed by atoms with Crippen LogP contribution in [-0.2, 0) is 25.5 Å². The van der Waals surface area contributed by atoms with E-state index in [0.29, 0.717) is 31.8 Å². The summed E-state index contributed by atoms with van der Waals surface area (Å²) in [5.74, 6) is -0.0377. The maximum atomic E-state index is 13.6. The first kappa shape index (κ1) is 34.5. The van der Waals surface area contributed by atoms with Gasteiger partial charge in [-0.2, -0.15) is 0 Å². The van der Waals surface area contributed by atoms with Gasteiger partial charge in [-0.3, -0.25) is 14.4 Å². The number of halogens is 1. The van der Waals surface area contributed by atoms with Crippen LogP contribution in [-0.4, -0.2) is 74.1 Å². The molecule has 1 aliphatic rings. The van der Waals surface area contributed by atoms with Gasteiger partial charge >= 0.3 is 0 Å². The monoisotopic (exact) mass is 588 g/mol. The number of carbonyl (C=O) groups excluding carboxylic acids is 3. The van der Waals surface area contributed by atoms with E-state index in [4.69, 9.17) is 4.74 Å². The molecule has 2 aromatic carbocycles. The fourth-order valence-corrected chi connectivity index (χ4v) is 5.05. The van der Waals surface area contributed by atoms with Gasteiger partial charge in [0.15, 0.2) is 0 Å². The summed E-state index contributed by atoms with van der Waals surface area (Å²) in [5, 5.41) is 11.6. The molecule has 0 spiro atoms. The van der Waals surface area contributed by atoms with Gasteiger partial charge in [0.1, 0.15) is 12.1 Å². The van der Waals surface area contributed by atoms with Gasteiger partial charge in [-0.05, 0) is 48.2 Å². The number of fused-ring (bicyclic) bond motifs is 1. The normalized spacial score (nSPS) is 17.8. The number of benzene rings is 2. The van der Waals surface area contributed by atoms with Crippen LogP contribution in [0, 0.1) is 11.3 Å². The Balaban J connectivity index is 0.00000588. The number of nitrogens with one attached hydrogen (secondary N) is 3. The molecular formula is C32H49ClN4O4. The third-order valence-electron chi connectivity index (χ3n) is 7.32. The maximum absolute atomic E-state index is 13.6. The molecule has 1 unspecified atom stereocenters. The number of rotatable bonds is 13. The molecule has 1 saturated heterocycles. The Morgan fingerprint density at radius 2 is 1.71 bits per heavy atom. The molecule has 0 bridgehead atoms. The number of amides is 3. The Morgan fingerprint density at radius 1 is 1.02 bits per heavy atom. The van der Waals surface area contributed by atoms with E-state index in [9.17, 15) is 14.4 Å². The number of nitrogens with zero attached hydrogens (tertiary/aromatic N) is 1. The molecular weight excluding hydrogens is 540 g/mol. The van der Waals surface area contributed by atoms with E-state index in [1.165, 1.54) is 0 Å². The number of hydrogen-bond donors (Lipinski definition) is 3. The Labute approximate surface area is 251 Å². The third kappa shape index (κ3) is 10.3. The van der Waals surface area contributed by atoms with Crippen molar-refractivity contribution in [3.05, 3.63) is 48.0 Å².